The molecule has 0 fully saturated rings. The molecule has 1 heterocycles. The van der Waals surface area contributed by atoms with E-state index in [2.05, 4.69) is 5.32 Å². The van der Waals surface area contributed by atoms with Crippen molar-refractivity contribution in [3.63, 3.8) is 0 Å². The van der Waals surface area contributed by atoms with Gasteiger partial charge in [-0.1, -0.05) is 32.0 Å². The summed E-state index contributed by atoms with van der Waals surface area (Å²) in [6, 6.07) is 16.5. The molecule has 0 aliphatic rings. The molecule has 0 bridgehead atoms. The van der Waals surface area contributed by atoms with Crippen molar-refractivity contribution < 1.29 is 14.0 Å². The Balaban J connectivity index is 1.73. The molecular weight excluding hydrogens is 340 g/mol. The number of carbonyl (C=O) groups is 2. The van der Waals surface area contributed by atoms with Crippen LogP contribution in [0.25, 0.3) is 11.0 Å². The minimum Gasteiger partial charge on any atom is -0.459 e. The zero-order valence-corrected chi connectivity index (χ0v) is 16.0. The third kappa shape index (κ3) is 4.03. The number of hydrogen-bond donors (Lipinski definition) is 1. The normalized spacial score (nSPS) is 12.2. The monoisotopic (exact) mass is 364 g/mol. The predicted octanol–water partition coefficient (Wildman–Crippen LogP) is 4.86. The van der Waals surface area contributed by atoms with Crippen LogP contribution in [0.4, 0.5) is 5.69 Å². The van der Waals surface area contributed by atoms with E-state index in [-0.39, 0.29) is 23.8 Å². The maximum atomic E-state index is 12.8. The smallest absolute Gasteiger partial charge is 0.254 e. The van der Waals surface area contributed by atoms with Gasteiger partial charge in [0, 0.05) is 29.6 Å². The van der Waals surface area contributed by atoms with Crippen LogP contribution in [0, 0.1) is 5.92 Å². The first-order chi connectivity index (χ1) is 12.9. The summed E-state index contributed by atoms with van der Waals surface area (Å²) in [5.74, 6) is 0.490. The average Bonchev–Trinajstić information content (AvgIpc) is 3.11. The van der Waals surface area contributed by atoms with Gasteiger partial charge in [-0.15, -0.1) is 0 Å². The van der Waals surface area contributed by atoms with Crippen molar-refractivity contribution in [2.75, 3.05) is 12.4 Å². The molecule has 3 rings (SSSR count). The van der Waals surface area contributed by atoms with Crippen LogP contribution in [-0.2, 0) is 4.79 Å². The molecule has 3 aromatic rings. The topological polar surface area (TPSA) is 62.6 Å². The molecule has 5 heteroatoms. The van der Waals surface area contributed by atoms with Crippen molar-refractivity contribution in [3.05, 3.63) is 65.9 Å². The van der Waals surface area contributed by atoms with Crippen LogP contribution in [0.15, 0.2) is 59.0 Å². The maximum absolute atomic E-state index is 12.8. The Morgan fingerprint density at radius 2 is 1.67 bits per heavy atom. The summed E-state index contributed by atoms with van der Waals surface area (Å²) < 4.78 is 5.88. The quantitative estimate of drug-likeness (QED) is 0.703. The standard InChI is InChI=1S/C22H24N2O3/c1-14(2)21(25)23-18-11-9-16(10-12-18)22(26)24(4)15(3)20-13-17-7-5-6-8-19(17)27-20/h5-15H,1-4H3,(H,23,25). The number of hydrogen-bond acceptors (Lipinski definition) is 3. The summed E-state index contributed by atoms with van der Waals surface area (Å²) in [5, 5.41) is 3.84. The second-order valence-corrected chi connectivity index (χ2v) is 7.00. The van der Waals surface area contributed by atoms with E-state index in [1.165, 1.54) is 0 Å². The first-order valence-corrected chi connectivity index (χ1v) is 9.03. The van der Waals surface area contributed by atoms with Crippen molar-refractivity contribution in [2.45, 2.75) is 26.8 Å². The fraction of sp³-hybridized carbons (Fsp3) is 0.273. The van der Waals surface area contributed by atoms with Gasteiger partial charge >= 0.3 is 0 Å². The highest BCUT2D eigenvalue weighted by molar-refractivity contribution is 5.96. The molecule has 1 aromatic heterocycles. The van der Waals surface area contributed by atoms with Crippen LogP contribution < -0.4 is 5.32 Å². The lowest BCUT2D eigenvalue weighted by atomic mass is 10.1. The molecule has 2 aromatic carbocycles. The fourth-order valence-corrected chi connectivity index (χ4v) is 2.76. The fourth-order valence-electron chi connectivity index (χ4n) is 2.76. The molecule has 0 saturated heterocycles. The van der Waals surface area contributed by atoms with E-state index in [4.69, 9.17) is 4.42 Å². The molecule has 1 N–H and O–H groups in total. The van der Waals surface area contributed by atoms with Crippen LogP contribution in [0.3, 0.4) is 0 Å². The van der Waals surface area contributed by atoms with E-state index in [9.17, 15) is 9.59 Å². The summed E-state index contributed by atoms with van der Waals surface area (Å²) >= 11 is 0. The number of rotatable bonds is 5. The molecule has 2 amide bonds. The van der Waals surface area contributed by atoms with Crippen LogP contribution in [0.5, 0.6) is 0 Å². The van der Waals surface area contributed by atoms with Crippen molar-refractivity contribution in [1.82, 2.24) is 4.90 Å². The molecule has 5 nitrogen and oxygen atoms in total. The van der Waals surface area contributed by atoms with E-state index in [1.54, 1.807) is 36.2 Å². The Kier molecular flexibility index (Phi) is 5.31. The lowest BCUT2D eigenvalue weighted by Gasteiger charge is -2.23. The van der Waals surface area contributed by atoms with Gasteiger partial charge in [0.25, 0.3) is 5.91 Å². The number of benzene rings is 2. The van der Waals surface area contributed by atoms with Crippen LogP contribution >= 0.6 is 0 Å². The highest BCUT2D eigenvalue weighted by Crippen LogP contribution is 2.27. The Morgan fingerprint density at radius 3 is 2.30 bits per heavy atom. The van der Waals surface area contributed by atoms with Crippen molar-refractivity contribution in [1.29, 1.82) is 0 Å². The van der Waals surface area contributed by atoms with Crippen LogP contribution in [0.2, 0.25) is 0 Å². The van der Waals surface area contributed by atoms with Gasteiger partial charge in [-0.3, -0.25) is 9.59 Å². The summed E-state index contributed by atoms with van der Waals surface area (Å²) in [6.45, 7) is 5.61. The second-order valence-electron chi connectivity index (χ2n) is 7.00. The third-order valence-corrected chi connectivity index (χ3v) is 4.68. The largest absolute Gasteiger partial charge is 0.459 e. The van der Waals surface area contributed by atoms with E-state index in [0.717, 1.165) is 16.7 Å². The minimum atomic E-state index is -0.203. The minimum absolute atomic E-state index is 0.0512. The Hall–Kier alpha value is -3.08. The first kappa shape index (κ1) is 18.7. The Bertz CT molecular complexity index is 924. The molecule has 0 aliphatic carbocycles. The molecule has 0 spiro atoms. The highest BCUT2D eigenvalue weighted by atomic mass is 16.3. The van der Waals surface area contributed by atoms with E-state index in [0.29, 0.717) is 11.3 Å². The maximum Gasteiger partial charge on any atom is 0.254 e. The molecule has 0 aliphatic heterocycles. The van der Waals surface area contributed by atoms with E-state index in [1.807, 2.05) is 51.1 Å². The zero-order valence-electron chi connectivity index (χ0n) is 16.0. The number of anilines is 1. The number of fused-ring (bicyclic) bond motifs is 1. The second kappa shape index (κ2) is 7.66. The number of nitrogens with zero attached hydrogens (tertiary/aromatic N) is 1. The SMILES string of the molecule is CC(C)C(=O)Nc1ccc(C(=O)N(C)C(C)c2cc3ccccc3o2)cc1. The summed E-state index contributed by atoms with van der Waals surface area (Å²) in [6.07, 6.45) is 0. The lowest BCUT2D eigenvalue weighted by Crippen LogP contribution is -2.29. The molecule has 1 atom stereocenters. The van der Waals surface area contributed by atoms with Crippen molar-refractivity contribution in [3.8, 4) is 0 Å². The summed E-state index contributed by atoms with van der Waals surface area (Å²) in [5.41, 5.74) is 2.05. The third-order valence-electron chi connectivity index (χ3n) is 4.68. The summed E-state index contributed by atoms with van der Waals surface area (Å²) in [7, 11) is 1.76. The van der Waals surface area contributed by atoms with Gasteiger partial charge in [-0.25, -0.2) is 0 Å². The lowest BCUT2D eigenvalue weighted by molar-refractivity contribution is -0.118. The van der Waals surface area contributed by atoms with Gasteiger partial charge in [0.2, 0.25) is 5.91 Å². The average molecular weight is 364 g/mol. The van der Waals surface area contributed by atoms with E-state index >= 15 is 0 Å². The molecular formula is C22H24N2O3. The first-order valence-electron chi connectivity index (χ1n) is 9.03. The van der Waals surface area contributed by atoms with Crippen LogP contribution in [-0.4, -0.2) is 23.8 Å². The number of para-hydroxylation sites is 1. The molecule has 27 heavy (non-hydrogen) atoms. The van der Waals surface area contributed by atoms with Gasteiger partial charge in [0.05, 0.1) is 6.04 Å². The van der Waals surface area contributed by atoms with Gasteiger partial charge < -0.3 is 14.6 Å². The number of carbonyl (C=O) groups excluding carboxylic acids is 2. The predicted molar refractivity (Wildman–Crippen MR) is 107 cm³/mol. The molecule has 0 saturated carbocycles. The van der Waals surface area contributed by atoms with Gasteiger partial charge in [-0.2, -0.15) is 0 Å². The van der Waals surface area contributed by atoms with Crippen molar-refractivity contribution in [2.24, 2.45) is 5.92 Å². The van der Waals surface area contributed by atoms with Crippen molar-refractivity contribution >= 4 is 28.5 Å². The Morgan fingerprint density at radius 1 is 1.00 bits per heavy atom. The molecule has 1 unspecified atom stereocenters. The molecule has 140 valence electrons. The van der Waals surface area contributed by atoms with Gasteiger partial charge in [0.15, 0.2) is 0 Å². The van der Waals surface area contributed by atoms with Crippen LogP contribution in [0.1, 0.15) is 42.9 Å². The Labute approximate surface area is 159 Å². The number of furan rings is 1. The highest BCUT2D eigenvalue weighted by Gasteiger charge is 2.22. The van der Waals surface area contributed by atoms with Gasteiger partial charge in [-0.05, 0) is 43.3 Å². The number of amides is 2. The van der Waals surface area contributed by atoms with Gasteiger partial charge in [0.1, 0.15) is 11.3 Å². The number of nitrogens with one attached hydrogen (secondary N) is 1. The van der Waals surface area contributed by atoms with E-state index < -0.39 is 0 Å². The molecule has 0 radical (unpaired) electrons. The summed E-state index contributed by atoms with van der Waals surface area (Å²) in [4.78, 5) is 26.2. The zero-order chi connectivity index (χ0) is 19.6.